The Kier molecular flexibility index (Phi) is 3.16. The molecule has 3 N–H and O–H groups in total. The molecule has 1 heterocycles. The number of fused-ring (bicyclic) bond motifs is 1. The van der Waals surface area contributed by atoms with Gasteiger partial charge in [-0.25, -0.2) is 4.98 Å². The topological polar surface area (TPSA) is 73.2 Å². The summed E-state index contributed by atoms with van der Waals surface area (Å²) in [6.45, 7) is 0. The maximum absolute atomic E-state index is 13.3. The van der Waals surface area contributed by atoms with Crippen molar-refractivity contribution < 1.29 is 18.5 Å². The van der Waals surface area contributed by atoms with E-state index in [4.69, 9.17) is 27.3 Å². The number of benzene rings is 1. The summed E-state index contributed by atoms with van der Waals surface area (Å²) in [6.07, 6.45) is 0. The lowest BCUT2D eigenvalue weighted by Gasteiger charge is -2.08. The average Bonchev–Trinajstić information content (AvgIpc) is 2.37. The molecular formula is C12H9ClF2N3O+. The number of nitrogens with two attached hydrogens (primary N) is 1. The molecule has 2 aromatic rings. The molecule has 0 amide bonds. The van der Waals surface area contributed by atoms with Gasteiger partial charge in [-0.05, 0) is 23.7 Å². The van der Waals surface area contributed by atoms with E-state index < -0.39 is 11.1 Å². The highest BCUT2D eigenvalue weighted by Gasteiger charge is 2.40. The van der Waals surface area contributed by atoms with Gasteiger partial charge in [0.2, 0.25) is 5.52 Å². The summed E-state index contributed by atoms with van der Waals surface area (Å²) in [7, 11) is 1.47. The third-order valence-electron chi connectivity index (χ3n) is 2.69. The van der Waals surface area contributed by atoms with Crippen molar-refractivity contribution in [3.05, 3.63) is 29.5 Å². The van der Waals surface area contributed by atoms with Gasteiger partial charge in [-0.2, -0.15) is 14.0 Å². The SMILES string of the molecule is COc1ccc2[nH+]c(C(F)(F)Cl)c(C#N)c(N)c2c1. The van der Waals surface area contributed by atoms with Crippen LogP contribution >= 0.6 is 11.6 Å². The molecule has 0 atom stereocenters. The number of aromatic nitrogens is 1. The summed E-state index contributed by atoms with van der Waals surface area (Å²) >= 11 is 4.98. The number of rotatable bonds is 2. The Labute approximate surface area is 112 Å². The second-order valence-corrected chi connectivity index (χ2v) is 4.28. The van der Waals surface area contributed by atoms with Crippen molar-refractivity contribution in [2.24, 2.45) is 0 Å². The number of hydrogen-bond donors (Lipinski definition) is 1. The molecule has 0 saturated carbocycles. The summed E-state index contributed by atoms with van der Waals surface area (Å²) in [6, 6.07) is 6.30. The number of halogens is 3. The van der Waals surface area contributed by atoms with Gasteiger partial charge in [-0.1, -0.05) is 0 Å². The van der Waals surface area contributed by atoms with Crippen LogP contribution in [0.2, 0.25) is 0 Å². The number of nitriles is 1. The van der Waals surface area contributed by atoms with Crippen molar-refractivity contribution in [2.75, 3.05) is 12.8 Å². The molecule has 19 heavy (non-hydrogen) atoms. The average molecular weight is 285 g/mol. The third-order valence-corrected chi connectivity index (χ3v) is 2.88. The second kappa shape index (κ2) is 4.52. The zero-order chi connectivity index (χ0) is 14.2. The summed E-state index contributed by atoms with van der Waals surface area (Å²) in [5.41, 5.74) is 4.95. The Hall–Kier alpha value is -2.13. The van der Waals surface area contributed by atoms with Gasteiger partial charge in [0.1, 0.15) is 11.8 Å². The summed E-state index contributed by atoms with van der Waals surface area (Å²) in [5.74, 6) is 0.502. The van der Waals surface area contributed by atoms with E-state index in [0.717, 1.165) is 0 Å². The molecule has 7 heteroatoms. The molecule has 0 aliphatic rings. The first-order valence-electron chi connectivity index (χ1n) is 5.18. The number of nitrogen functional groups attached to an aromatic ring is 1. The van der Waals surface area contributed by atoms with Crippen molar-refractivity contribution in [3.63, 3.8) is 0 Å². The van der Waals surface area contributed by atoms with E-state index in [9.17, 15) is 8.78 Å². The van der Waals surface area contributed by atoms with E-state index in [0.29, 0.717) is 16.7 Å². The lowest BCUT2D eigenvalue weighted by atomic mass is 10.1. The minimum Gasteiger partial charge on any atom is -0.497 e. The maximum Gasteiger partial charge on any atom is 0.406 e. The van der Waals surface area contributed by atoms with Crippen LogP contribution in [0.1, 0.15) is 11.3 Å². The van der Waals surface area contributed by atoms with Gasteiger partial charge in [0, 0.05) is 6.07 Å². The van der Waals surface area contributed by atoms with Crippen LogP contribution in [0.4, 0.5) is 14.5 Å². The number of anilines is 1. The smallest absolute Gasteiger partial charge is 0.406 e. The Morgan fingerprint density at radius 1 is 1.47 bits per heavy atom. The molecule has 0 radical (unpaired) electrons. The monoisotopic (exact) mass is 284 g/mol. The second-order valence-electron chi connectivity index (χ2n) is 3.81. The highest BCUT2D eigenvalue weighted by Crippen LogP contribution is 2.36. The summed E-state index contributed by atoms with van der Waals surface area (Å²) in [5, 5.41) is 5.69. The van der Waals surface area contributed by atoms with Crippen molar-refractivity contribution in [3.8, 4) is 11.8 Å². The Balaban J connectivity index is 2.86. The number of alkyl halides is 3. The fraction of sp³-hybridized carbons (Fsp3) is 0.167. The number of hydrogen-bond acceptors (Lipinski definition) is 3. The lowest BCUT2D eigenvalue weighted by Crippen LogP contribution is -2.24. The van der Waals surface area contributed by atoms with Gasteiger partial charge in [-0.3, -0.25) is 0 Å². The van der Waals surface area contributed by atoms with E-state index in [-0.39, 0.29) is 11.3 Å². The quantitative estimate of drug-likeness (QED) is 0.861. The van der Waals surface area contributed by atoms with E-state index in [1.54, 1.807) is 18.2 Å². The van der Waals surface area contributed by atoms with Gasteiger partial charge in [0.05, 0.1) is 18.2 Å². The van der Waals surface area contributed by atoms with Crippen LogP contribution in [-0.4, -0.2) is 7.11 Å². The molecule has 1 aromatic heterocycles. The Bertz CT molecular complexity index is 692. The summed E-state index contributed by atoms with van der Waals surface area (Å²) in [4.78, 5) is 2.44. The molecule has 2 rings (SSSR count). The van der Waals surface area contributed by atoms with E-state index in [1.165, 1.54) is 13.2 Å². The van der Waals surface area contributed by atoms with Crippen LogP contribution in [0.5, 0.6) is 5.75 Å². The van der Waals surface area contributed by atoms with Gasteiger partial charge in [0.15, 0.2) is 5.56 Å². The number of H-pyrrole nitrogens is 1. The molecule has 0 unspecified atom stereocenters. The van der Waals surface area contributed by atoms with Gasteiger partial charge >= 0.3 is 5.38 Å². The Morgan fingerprint density at radius 2 is 2.16 bits per heavy atom. The molecule has 0 bridgehead atoms. The van der Waals surface area contributed by atoms with Gasteiger partial charge in [0.25, 0.3) is 5.69 Å². The fourth-order valence-electron chi connectivity index (χ4n) is 1.78. The number of pyridine rings is 1. The van der Waals surface area contributed by atoms with Crippen LogP contribution in [-0.2, 0) is 5.38 Å². The minimum atomic E-state index is -3.70. The van der Waals surface area contributed by atoms with Crippen LogP contribution < -0.4 is 15.5 Å². The van der Waals surface area contributed by atoms with E-state index >= 15 is 0 Å². The highest BCUT2D eigenvalue weighted by atomic mass is 35.5. The standard InChI is InChI=1S/C12H8ClF2N3O/c1-19-6-2-3-9-7(4-6)10(17)8(5-16)11(18-9)12(13,14)15/h2-4H,1H3,(H2,17,18)/p+1. The molecule has 4 nitrogen and oxygen atoms in total. The van der Waals surface area contributed by atoms with Crippen LogP contribution in [0.15, 0.2) is 18.2 Å². The van der Waals surface area contributed by atoms with Crippen molar-refractivity contribution >= 4 is 28.2 Å². The molecule has 0 aliphatic heterocycles. The molecule has 1 aromatic carbocycles. The zero-order valence-corrected chi connectivity index (χ0v) is 10.6. The molecule has 98 valence electrons. The first-order chi connectivity index (χ1) is 8.88. The third kappa shape index (κ3) is 2.25. The predicted octanol–water partition coefficient (Wildman–Crippen LogP) is 2.40. The molecule has 0 spiro atoms. The zero-order valence-electron chi connectivity index (χ0n) is 9.80. The molecular weight excluding hydrogens is 276 g/mol. The first kappa shape index (κ1) is 13.3. The normalized spacial score (nSPS) is 11.3. The first-order valence-corrected chi connectivity index (χ1v) is 5.56. The van der Waals surface area contributed by atoms with Crippen LogP contribution in [0, 0.1) is 11.3 Å². The van der Waals surface area contributed by atoms with Crippen molar-refractivity contribution in [1.29, 1.82) is 5.26 Å². The maximum atomic E-state index is 13.3. The van der Waals surface area contributed by atoms with Gasteiger partial charge in [-0.15, -0.1) is 0 Å². The molecule has 0 fully saturated rings. The molecule has 0 aliphatic carbocycles. The molecule has 0 saturated heterocycles. The number of aromatic amines is 1. The number of ether oxygens (including phenoxy) is 1. The number of nitrogens with zero attached hydrogens (tertiary/aromatic N) is 1. The minimum absolute atomic E-state index is 0.0644. The van der Waals surface area contributed by atoms with E-state index in [2.05, 4.69) is 4.98 Å². The van der Waals surface area contributed by atoms with Crippen molar-refractivity contribution in [1.82, 2.24) is 0 Å². The van der Waals surface area contributed by atoms with Crippen LogP contribution in [0.3, 0.4) is 0 Å². The largest absolute Gasteiger partial charge is 0.497 e. The van der Waals surface area contributed by atoms with E-state index in [1.807, 2.05) is 0 Å². The lowest BCUT2D eigenvalue weighted by molar-refractivity contribution is -0.375. The number of nitrogens with one attached hydrogen (secondary N) is 1. The van der Waals surface area contributed by atoms with Crippen molar-refractivity contribution in [2.45, 2.75) is 5.38 Å². The van der Waals surface area contributed by atoms with Gasteiger partial charge < -0.3 is 10.5 Å². The Morgan fingerprint density at radius 3 is 2.68 bits per heavy atom. The highest BCUT2D eigenvalue weighted by molar-refractivity contribution is 6.21. The fourth-order valence-corrected chi connectivity index (χ4v) is 1.92. The van der Waals surface area contributed by atoms with Crippen LogP contribution in [0.25, 0.3) is 10.9 Å². The summed E-state index contributed by atoms with van der Waals surface area (Å²) < 4.78 is 31.5. The number of methoxy groups -OCH3 is 1. The predicted molar refractivity (Wildman–Crippen MR) is 65.9 cm³/mol.